The summed E-state index contributed by atoms with van der Waals surface area (Å²) in [6.45, 7) is 4.68. The molecule has 0 aliphatic heterocycles. The van der Waals surface area contributed by atoms with E-state index in [0.29, 0.717) is 28.5 Å². The second-order valence-electron chi connectivity index (χ2n) is 6.28. The summed E-state index contributed by atoms with van der Waals surface area (Å²) in [5.74, 6) is 0.483. The van der Waals surface area contributed by atoms with Gasteiger partial charge in [-0.1, -0.05) is 19.1 Å². The van der Waals surface area contributed by atoms with Crippen LogP contribution < -0.4 is 10.1 Å². The maximum absolute atomic E-state index is 12.6. The summed E-state index contributed by atoms with van der Waals surface area (Å²) in [5.41, 5.74) is 1.87. The lowest BCUT2D eigenvalue weighted by molar-refractivity contribution is -0.111. The van der Waals surface area contributed by atoms with Gasteiger partial charge in [0.05, 0.1) is 19.5 Å². The van der Waals surface area contributed by atoms with Crippen molar-refractivity contribution in [2.24, 2.45) is 0 Å². The Hall–Kier alpha value is -3.32. The number of carbonyl (C=O) groups excluding carboxylic acids is 2. The molecule has 2 heterocycles. The normalized spacial score (nSPS) is 10.9. The molecule has 30 heavy (non-hydrogen) atoms. The van der Waals surface area contributed by atoms with E-state index in [1.807, 2.05) is 36.6 Å². The molecule has 0 spiro atoms. The highest BCUT2D eigenvalue weighted by molar-refractivity contribution is 7.15. The van der Waals surface area contributed by atoms with Gasteiger partial charge in [0.1, 0.15) is 22.1 Å². The summed E-state index contributed by atoms with van der Waals surface area (Å²) in [5, 5.41) is 5.03. The van der Waals surface area contributed by atoms with E-state index in [1.54, 1.807) is 25.1 Å². The molecule has 0 radical (unpaired) electrons. The van der Waals surface area contributed by atoms with Crippen LogP contribution in [0.3, 0.4) is 0 Å². The predicted molar refractivity (Wildman–Crippen MR) is 118 cm³/mol. The van der Waals surface area contributed by atoms with Crippen LogP contribution in [0.2, 0.25) is 0 Å². The molecule has 0 aliphatic rings. The first-order valence-corrected chi connectivity index (χ1v) is 10.5. The summed E-state index contributed by atoms with van der Waals surface area (Å²) in [7, 11) is 0. The summed E-state index contributed by atoms with van der Waals surface area (Å²) in [6.07, 6.45) is 5.37. The highest BCUT2D eigenvalue weighted by Crippen LogP contribution is 2.37. The third kappa shape index (κ3) is 5.39. The number of nitrogens with one attached hydrogen (secondary N) is 1. The van der Waals surface area contributed by atoms with E-state index in [2.05, 4.69) is 5.32 Å². The zero-order valence-corrected chi connectivity index (χ0v) is 17.7. The van der Waals surface area contributed by atoms with Gasteiger partial charge in [0.2, 0.25) is 5.91 Å². The summed E-state index contributed by atoms with van der Waals surface area (Å²) >= 11 is 1.27. The van der Waals surface area contributed by atoms with E-state index in [1.165, 1.54) is 23.7 Å². The second kappa shape index (κ2) is 10.5. The van der Waals surface area contributed by atoms with Crippen LogP contribution in [0.25, 0.3) is 17.2 Å². The number of hydrogen-bond donors (Lipinski definition) is 1. The number of esters is 1. The van der Waals surface area contributed by atoms with Crippen molar-refractivity contribution in [2.45, 2.75) is 20.3 Å². The first-order chi connectivity index (χ1) is 14.6. The largest absolute Gasteiger partial charge is 0.494 e. The Morgan fingerprint density at radius 1 is 1.17 bits per heavy atom. The van der Waals surface area contributed by atoms with Gasteiger partial charge in [0.25, 0.3) is 0 Å². The predicted octanol–water partition coefficient (Wildman–Crippen LogP) is 5.63. The van der Waals surface area contributed by atoms with E-state index in [4.69, 9.17) is 13.9 Å². The molecule has 156 valence electrons. The molecule has 3 aromatic rings. The summed E-state index contributed by atoms with van der Waals surface area (Å²) in [6, 6.07) is 11.0. The first kappa shape index (κ1) is 21.4. The lowest BCUT2D eigenvalue weighted by atomic mass is 10.0. The van der Waals surface area contributed by atoms with Gasteiger partial charge in [0, 0.05) is 17.0 Å². The number of carbonyl (C=O) groups is 2. The fraction of sp³-hybridized carbons (Fsp3) is 0.217. The number of ether oxygens (including phenoxy) is 2. The molecule has 3 rings (SSSR count). The number of benzene rings is 1. The van der Waals surface area contributed by atoms with Gasteiger partial charge < -0.3 is 19.2 Å². The Morgan fingerprint density at radius 2 is 1.97 bits per heavy atom. The molecular formula is C23H23NO5S. The lowest BCUT2D eigenvalue weighted by Crippen LogP contribution is -2.12. The van der Waals surface area contributed by atoms with Crippen molar-refractivity contribution in [3.05, 3.63) is 65.4 Å². The Balaban J connectivity index is 1.84. The highest BCUT2D eigenvalue weighted by atomic mass is 32.1. The van der Waals surface area contributed by atoms with Crippen molar-refractivity contribution < 1.29 is 23.5 Å². The number of hydrogen-bond acceptors (Lipinski definition) is 6. The maximum atomic E-state index is 12.6. The van der Waals surface area contributed by atoms with Crippen molar-refractivity contribution in [1.82, 2.24) is 0 Å². The molecule has 0 atom stereocenters. The molecular weight excluding hydrogens is 402 g/mol. The number of amides is 1. The van der Waals surface area contributed by atoms with Gasteiger partial charge in [-0.3, -0.25) is 4.79 Å². The molecule has 1 amide bonds. The average molecular weight is 426 g/mol. The first-order valence-electron chi connectivity index (χ1n) is 9.66. The molecule has 1 aromatic carbocycles. The van der Waals surface area contributed by atoms with Crippen LogP contribution in [0, 0.1) is 0 Å². The number of furan rings is 1. The molecule has 1 N–H and O–H groups in total. The van der Waals surface area contributed by atoms with Gasteiger partial charge in [-0.05, 0) is 49.2 Å². The Labute approximate surface area is 179 Å². The van der Waals surface area contributed by atoms with Crippen molar-refractivity contribution >= 4 is 34.3 Å². The number of rotatable bonds is 9. The molecule has 0 saturated heterocycles. The fourth-order valence-corrected chi connectivity index (χ4v) is 3.68. The van der Waals surface area contributed by atoms with E-state index in [-0.39, 0.29) is 12.5 Å². The van der Waals surface area contributed by atoms with Gasteiger partial charge >= 0.3 is 5.97 Å². The molecule has 6 nitrogen and oxygen atoms in total. The van der Waals surface area contributed by atoms with Crippen LogP contribution in [-0.2, 0) is 9.53 Å². The van der Waals surface area contributed by atoms with E-state index < -0.39 is 5.97 Å². The molecule has 0 bridgehead atoms. The second-order valence-corrected chi connectivity index (χ2v) is 7.16. The summed E-state index contributed by atoms with van der Waals surface area (Å²) < 4.78 is 16.0. The average Bonchev–Trinajstić information content (AvgIpc) is 3.41. The molecule has 0 fully saturated rings. The molecule has 0 aliphatic carbocycles. The van der Waals surface area contributed by atoms with Crippen molar-refractivity contribution in [3.8, 4) is 16.9 Å². The third-order valence-electron chi connectivity index (χ3n) is 4.09. The Kier molecular flexibility index (Phi) is 7.45. The smallest absolute Gasteiger partial charge is 0.341 e. The Morgan fingerprint density at radius 3 is 2.63 bits per heavy atom. The van der Waals surface area contributed by atoms with Crippen LogP contribution >= 0.6 is 11.3 Å². The number of anilines is 1. The van der Waals surface area contributed by atoms with Crippen LogP contribution in [0.15, 0.2) is 58.5 Å². The summed E-state index contributed by atoms with van der Waals surface area (Å²) in [4.78, 5) is 25.0. The fourth-order valence-electron chi connectivity index (χ4n) is 2.72. The van der Waals surface area contributed by atoms with Gasteiger partial charge in [0.15, 0.2) is 0 Å². The number of thiophene rings is 1. The lowest BCUT2D eigenvalue weighted by Gasteiger charge is -2.09. The zero-order valence-electron chi connectivity index (χ0n) is 16.8. The molecule has 0 unspecified atom stereocenters. The quantitative estimate of drug-likeness (QED) is 0.355. The van der Waals surface area contributed by atoms with Gasteiger partial charge in [-0.2, -0.15) is 0 Å². The zero-order chi connectivity index (χ0) is 21.3. The molecule has 7 heteroatoms. The topological polar surface area (TPSA) is 77.8 Å². The third-order valence-corrected chi connectivity index (χ3v) is 4.98. The minimum Gasteiger partial charge on any atom is -0.494 e. The van der Waals surface area contributed by atoms with Crippen LogP contribution in [0.4, 0.5) is 5.00 Å². The minimum absolute atomic E-state index is 0.240. The van der Waals surface area contributed by atoms with Crippen molar-refractivity contribution in [3.63, 3.8) is 0 Å². The van der Waals surface area contributed by atoms with Crippen molar-refractivity contribution in [2.75, 3.05) is 18.5 Å². The minimum atomic E-state index is -0.481. The van der Waals surface area contributed by atoms with Gasteiger partial charge in [-0.25, -0.2) is 4.79 Å². The SMILES string of the molecule is CCCOc1ccc(-c2csc(NC(=O)/C=C/c3ccco3)c2C(=O)OCC)cc1. The molecule has 0 saturated carbocycles. The monoisotopic (exact) mass is 425 g/mol. The maximum Gasteiger partial charge on any atom is 0.341 e. The molecule has 2 aromatic heterocycles. The van der Waals surface area contributed by atoms with Crippen LogP contribution in [0.5, 0.6) is 5.75 Å². The van der Waals surface area contributed by atoms with E-state index in [9.17, 15) is 9.59 Å². The highest BCUT2D eigenvalue weighted by Gasteiger charge is 2.22. The van der Waals surface area contributed by atoms with E-state index in [0.717, 1.165) is 17.7 Å². The van der Waals surface area contributed by atoms with Crippen LogP contribution in [0.1, 0.15) is 36.4 Å². The van der Waals surface area contributed by atoms with Crippen LogP contribution in [-0.4, -0.2) is 25.1 Å². The van der Waals surface area contributed by atoms with E-state index >= 15 is 0 Å². The van der Waals surface area contributed by atoms with Gasteiger partial charge in [-0.15, -0.1) is 11.3 Å². The standard InChI is InChI=1S/C23H23NO5S/c1-3-13-28-18-9-7-16(8-10-18)19-15-30-22(21(19)23(26)27-4-2)24-20(25)12-11-17-6-5-14-29-17/h5-12,14-15H,3-4,13H2,1-2H3,(H,24,25)/b12-11+. The Bertz CT molecular complexity index is 1000. The van der Waals surface area contributed by atoms with Crippen molar-refractivity contribution in [1.29, 1.82) is 0 Å².